The number of benzene rings is 2. The Balaban J connectivity index is 2.34. The molecular formula is C14H13NO3S. The number of carboxylic acid groups (broad SMARTS) is 1. The van der Waals surface area contributed by atoms with E-state index in [1.54, 1.807) is 12.1 Å². The van der Waals surface area contributed by atoms with Gasteiger partial charge in [0.05, 0.1) is 0 Å². The van der Waals surface area contributed by atoms with Gasteiger partial charge >= 0.3 is 5.97 Å². The first-order valence-corrected chi connectivity index (χ1v) is 6.39. The Morgan fingerprint density at radius 1 is 1.16 bits per heavy atom. The second kappa shape index (κ2) is 5.75. The normalized spacial score (nSPS) is 12.1. The topological polar surface area (TPSA) is 66.4 Å². The molecule has 0 radical (unpaired) electrons. The van der Waals surface area contributed by atoms with Crippen LogP contribution >= 0.6 is 12.6 Å². The molecule has 0 bridgehead atoms. The van der Waals surface area contributed by atoms with Crippen molar-refractivity contribution in [2.24, 2.45) is 0 Å². The minimum Gasteiger partial charge on any atom is -0.480 e. The molecule has 0 aromatic heterocycles. The molecule has 0 aliphatic rings. The number of carbonyl (C=O) groups excluding carboxylic acids is 1. The highest BCUT2D eigenvalue weighted by molar-refractivity contribution is 7.80. The summed E-state index contributed by atoms with van der Waals surface area (Å²) in [6, 6.07) is 11.8. The molecule has 5 heteroatoms. The summed E-state index contributed by atoms with van der Waals surface area (Å²) >= 11 is 3.92. The van der Waals surface area contributed by atoms with Gasteiger partial charge in [0.1, 0.15) is 6.04 Å². The molecule has 19 heavy (non-hydrogen) atoms. The molecule has 0 fully saturated rings. The average Bonchev–Trinajstić information content (AvgIpc) is 2.43. The van der Waals surface area contributed by atoms with Gasteiger partial charge in [0.15, 0.2) is 0 Å². The van der Waals surface area contributed by atoms with Gasteiger partial charge in [0.2, 0.25) is 0 Å². The SMILES string of the molecule is O=C(N[C@@H](CS)C(=O)O)c1cccc2ccccc12. The van der Waals surface area contributed by atoms with Gasteiger partial charge in [0, 0.05) is 11.3 Å². The molecule has 0 spiro atoms. The molecule has 2 N–H and O–H groups in total. The summed E-state index contributed by atoms with van der Waals surface area (Å²) in [7, 11) is 0. The minimum atomic E-state index is -1.09. The van der Waals surface area contributed by atoms with E-state index in [1.165, 1.54) is 0 Å². The van der Waals surface area contributed by atoms with Crippen molar-refractivity contribution in [2.75, 3.05) is 5.75 Å². The number of fused-ring (bicyclic) bond motifs is 1. The Bertz CT molecular complexity index is 622. The molecule has 2 aromatic rings. The summed E-state index contributed by atoms with van der Waals surface area (Å²) in [4.78, 5) is 23.0. The first kappa shape index (κ1) is 13.4. The lowest BCUT2D eigenvalue weighted by Gasteiger charge is -2.13. The summed E-state index contributed by atoms with van der Waals surface area (Å²) in [5.41, 5.74) is 0.464. The van der Waals surface area contributed by atoms with E-state index in [-0.39, 0.29) is 5.75 Å². The van der Waals surface area contributed by atoms with E-state index < -0.39 is 17.9 Å². The maximum Gasteiger partial charge on any atom is 0.327 e. The largest absolute Gasteiger partial charge is 0.480 e. The van der Waals surface area contributed by atoms with Crippen LogP contribution in [-0.2, 0) is 4.79 Å². The fourth-order valence-corrected chi connectivity index (χ4v) is 2.09. The highest BCUT2D eigenvalue weighted by Crippen LogP contribution is 2.18. The Morgan fingerprint density at radius 2 is 1.84 bits per heavy atom. The number of thiol groups is 1. The molecular weight excluding hydrogens is 262 g/mol. The van der Waals surface area contributed by atoms with Crippen molar-refractivity contribution in [3.63, 3.8) is 0 Å². The van der Waals surface area contributed by atoms with E-state index in [1.807, 2.05) is 30.3 Å². The number of nitrogens with one attached hydrogen (secondary N) is 1. The smallest absolute Gasteiger partial charge is 0.327 e. The number of hydrogen-bond donors (Lipinski definition) is 3. The predicted octanol–water partition coefficient (Wildman–Crippen LogP) is 1.95. The van der Waals surface area contributed by atoms with Crippen LogP contribution in [0.25, 0.3) is 10.8 Å². The molecule has 2 rings (SSSR count). The van der Waals surface area contributed by atoms with Gasteiger partial charge in [-0.3, -0.25) is 4.79 Å². The number of carbonyl (C=O) groups is 2. The highest BCUT2D eigenvalue weighted by Gasteiger charge is 2.19. The molecule has 98 valence electrons. The second-order valence-electron chi connectivity index (χ2n) is 4.07. The summed E-state index contributed by atoms with van der Waals surface area (Å²) in [5, 5.41) is 13.1. The first-order chi connectivity index (χ1) is 9.13. The summed E-state index contributed by atoms with van der Waals surface area (Å²) < 4.78 is 0. The average molecular weight is 275 g/mol. The van der Waals surface area contributed by atoms with Crippen molar-refractivity contribution in [1.82, 2.24) is 5.32 Å². The van der Waals surface area contributed by atoms with Crippen LogP contribution < -0.4 is 5.32 Å². The molecule has 1 amide bonds. The lowest BCUT2D eigenvalue weighted by atomic mass is 10.0. The minimum absolute atomic E-state index is 0.0475. The van der Waals surface area contributed by atoms with Crippen molar-refractivity contribution in [2.45, 2.75) is 6.04 Å². The van der Waals surface area contributed by atoms with E-state index >= 15 is 0 Å². The van der Waals surface area contributed by atoms with Gasteiger partial charge in [-0.1, -0.05) is 36.4 Å². The van der Waals surface area contributed by atoms with Crippen LogP contribution in [0.4, 0.5) is 0 Å². The fraction of sp³-hybridized carbons (Fsp3) is 0.143. The highest BCUT2D eigenvalue weighted by atomic mass is 32.1. The third-order valence-corrected chi connectivity index (χ3v) is 3.19. The van der Waals surface area contributed by atoms with Gasteiger partial charge in [-0.15, -0.1) is 0 Å². The first-order valence-electron chi connectivity index (χ1n) is 5.76. The van der Waals surface area contributed by atoms with E-state index in [0.717, 1.165) is 10.8 Å². The van der Waals surface area contributed by atoms with E-state index in [4.69, 9.17) is 5.11 Å². The second-order valence-corrected chi connectivity index (χ2v) is 4.44. The Kier molecular flexibility index (Phi) is 4.06. The van der Waals surface area contributed by atoms with Gasteiger partial charge in [-0.05, 0) is 16.8 Å². The monoisotopic (exact) mass is 275 g/mol. The number of rotatable bonds is 4. The van der Waals surface area contributed by atoms with Crippen LogP contribution in [0.1, 0.15) is 10.4 Å². The van der Waals surface area contributed by atoms with Crippen molar-refractivity contribution in [1.29, 1.82) is 0 Å². The van der Waals surface area contributed by atoms with Crippen LogP contribution in [0, 0.1) is 0 Å². The molecule has 1 atom stereocenters. The number of amides is 1. The summed E-state index contributed by atoms with van der Waals surface area (Å²) in [6.45, 7) is 0. The Morgan fingerprint density at radius 3 is 2.53 bits per heavy atom. The maximum atomic E-state index is 12.1. The summed E-state index contributed by atoms with van der Waals surface area (Å²) in [5.74, 6) is -1.45. The van der Waals surface area contributed by atoms with Gasteiger partial charge in [-0.25, -0.2) is 4.79 Å². The van der Waals surface area contributed by atoms with Crippen LogP contribution in [-0.4, -0.2) is 28.8 Å². The van der Waals surface area contributed by atoms with Crippen LogP contribution in [0.5, 0.6) is 0 Å². The zero-order valence-corrected chi connectivity index (χ0v) is 10.9. The Hall–Kier alpha value is -2.01. The third-order valence-electron chi connectivity index (χ3n) is 2.82. The van der Waals surface area contributed by atoms with E-state index in [9.17, 15) is 9.59 Å². The lowest BCUT2D eigenvalue weighted by molar-refractivity contribution is -0.138. The fourth-order valence-electron chi connectivity index (χ4n) is 1.84. The third kappa shape index (κ3) is 2.88. The zero-order chi connectivity index (χ0) is 13.8. The van der Waals surface area contributed by atoms with Gasteiger partial charge in [0.25, 0.3) is 5.91 Å². The molecule has 0 saturated carbocycles. The molecule has 0 unspecified atom stereocenters. The van der Waals surface area contributed by atoms with Crippen molar-refractivity contribution in [3.8, 4) is 0 Å². The van der Waals surface area contributed by atoms with Crippen LogP contribution in [0.3, 0.4) is 0 Å². The molecule has 2 aromatic carbocycles. The van der Waals surface area contributed by atoms with Crippen molar-refractivity contribution in [3.05, 3.63) is 48.0 Å². The zero-order valence-electron chi connectivity index (χ0n) is 10.0. The van der Waals surface area contributed by atoms with Crippen LogP contribution in [0.15, 0.2) is 42.5 Å². The molecule has 4 nitrogen and oxygen atoms in total. The predicted molar refractivity (Wildman–Crippen MR) is 76.7 cm³/mol. The van der Waals surface area contributed by atoms with Gasteiger partial charge in [-0.2, -0.15) is 12.6 Å². The lowest BCUT2D eigenvalue weighted by Crippen LogP contribution is -2.42. The molecule has 0 aliphatic carbocycles. The Labute approximate surface area is 115 Å². The van der Waals surface area contributed by atoms with Crippen molar-refractivity contribution < 1.29 is 14.7 Å². The van der Waals surface area contributed by atoms with E-state index in [0.29, 0.717) is 5.56 Å². The van der Waals surface area contributed by atoms with Gasteiger partial charge < -0.3 is 10.4 Å². The van der Waals surface area contributed by atoms with Crippen molar-refractivity contribution >= 4 is 35.3 Å². The number of aliphatic carboxylic acids is 1. The van der Waals surface area contributed by atoms with Crippen LogP contribution in [0.2, 0.25) is 0 Å². The number of hydrogen-bond acceptors (Lipinski definition) is 3. The standard InChI is InChI=1S/C14H13NO3S/c16-13(15-12(8-19)14(17)18)11-7-3-5-9-4-1-2-6-10(9)11/h1-7,12,19H,8H2,(H,15,16)(H,17,18)/t12-/m0/s1. The molecule has 0 heterocycles. The van der Waals surface area contributed by atoms with E-state index in [2.05, 4.69) is 17.9 Å². The quantitative estimate of drug-likeness (QED) is 0.747. The molecule has 0 saturated heterocycles. The maximum absolute atomic E-state index is 12.1. The summed E-state index contributed by atoms with van der Waals surface area (Å²) in [6.07, 6.45) is 0. The number of carboxylic acids is 1. The molecule has 0 aliphatic heterocycles.